The fourth-order valence-electron chi connectivity index (χ4n) is 2.40. The molecule has 2 rings (SSSR count). The third-order valence-corrected chi connectivity index (χ3v) is 3.50. The van der Waals surface area contributed by atoms with E-state index in [2.05, 4.69) is 62.4 Å². The summed E-state index contributed by atoms with van der Waals surface area (Å²) in [7, 11) is 2.00. The highest BCUT2D eigenvalue weighted by atomic mass is 15.3. The molecule has 0 amide bonds. The van der Waals surface area contributed by atoms with Gasteiger partial charge in [-0.3, -0.25) is 4.68 Å². The molecule has 3 heteroatoms. The molecule has 1 aromatic carbocycles. The number of aryl methyl sites for hydroxylation is 2. The molecule has 0 aliphatic heterocycles. The highest BCUT2D eigenvalue weighted by molar-refractivity contribution is 5.71. The predicted molar refractivity (Wildman–Crippen MR) is 80.1 cm³/mol. The summed E-state index contributed by atoms with van der Waals surface area (Å²) in [6.07, 6.45) is 0. The van der Waals surface area contributed by atoms with Crippen LogP contribution in [0.2, 0.25) is 0 Å². The van der Waals surface area contributed by atoms with Crippen molar-refractivity contribution in [1.29, 1.82) is 0 Å². The van der Waals surface area contributed by atoms with Crippen molar-refractivity contribution in [3.8, 4) is 11.1 Å². The quantitative estimate of drug-likeness (QED) is 0.911. The van der Waals surface area contributed by atoms with E-state index in [1.807, 2.05) is 11.7 Å². The Hall–Kier alpha value is -1.61. The second kappa shape index (κ2) is 5.57. The number of hydrogen-bond acceptors (Lipinski definition) is 2. The van der Waals surface area contributed by atoms with Crippen molar-refractivity contribution in [2.45, 2.75) is 40.3 Å². The van der Waals surface area contributed by atoms with E-state index >= 15 is 0 Å². The van der Waals surface area contributed by atoms with Gasteiger partial charge in [-0.05, 0) is 25.0 Å². The van der Waals surface area contributed by atoms with E-state index in [9.17, 15) is 0 Å². The van der Waals surface area contributed by atoms with Gasteiger partial charge in [-0.2, -0.15) is 5.10 Å². The normalized spacial score (nSPS) is 11.3. The maximum absolute atomic E-state index is 4.52. The Bertz CT molecular complexity index is 567. The minimum Gasteiger partial charge on any atom is -0.310 e. The first kappa shape index (κ1) is 13.8. The monoisotopic (exact) mass is 257 g/mol. The van der Waals surface area contributed by atoms with E-state index in [4.69, 9.17) is 0 Å². The van der Waals surface area contributed by atoms with Gasteiger partial charge in [0.05, 0.1) is 5.69 Å². The molecule has 0 fully saturated rings. The van der Waals surface area contributed by atoms with Gasteiger partial charge in [-0.1, -0.05) is 38.1 Å². The van der Waals surface area contributed by atoms with Crippen LogP contribution in [0.3, 0.4) is 0 Å². The Balaban J connectivity index is 2.44. The second-order valence-corrected chi connectivity index (χ2v) is 5.36. The minimum atomic E-state index is 0.490. The summed E-state index contributed by atoms with van der Waals surface area (Å²) >= 11 is 0. The van der Waals surface area contributed by atoms with E-state index in [1.165, 1.54) is 22.4 Å². The average Bonchev–Trinajstić information content (AvgIpc) is 2.61. The summed E-state index contributed by atoms with van der Waals surface area (Å²) in [6.45, 7) is 9.44. The molecule has 0 aliphatic rings. The molecule has 0 radical (unpaired) electrons. The topological polar surface area (TPSA) is 29.9 Å². The molecule has 0 aliphatic carbocycles. The summed E-state index contributed by atoms with van der Waals surface area (Å²) < 4.78 is 1.96. The van der Waals surface area contributed by atoms with Crippen LogP contribution in [0.25, 0.3) is 11.1 Å². The second-order valence-electron chi connectivity index (χ2n) is 5.36. The fourth-order valence-corrected chi connectivity index (χ4v) is 2.40. The number of nitrogens with one attached hydrogen (secondary N) is 1. The van der Waals surface area contributed by atoms with Gasteiger partial charge in [0.1, 0.15) is 0 Å². The molecule has 2 aromatic rings. The average molecular weight is 257 g/mol. The van der Waals surface area contributed by atoms with Crippen molar-refractivity contribution in [2.24, 2.45) is 7.05 Å². The van der Waals surface area contributed by atoms with Crippen molar-refractivity contribution < 1.29 is 0 Å². The molecule has 3 nitrogen and oxygen atoms in total. The van der Waals surface area contributed by atoms with Crippen LogP contribution in [0.15, 0.2) is 24.3 Å². The van der Waals surface area contributed by atoms with Crippen molar-refractivity contribution >= 4 is 0 Å². The van der Waals surface area contributed by atoms with Crippen LogP contribution >= 0.6 is 0 Å². The predicted octanol–water partition coefficient (Wildman–Crippen LogP) is 3.20. The molecular weight excluding hydrogens is 234 g/mol. The van der Waals surface area contributed by atoms with Crippen LogP contribution < -0.4 is 5.32 Å². The van der Waals surface area contributed by atoms with Gasteiger partial charge in [-0.25, -0.2) is 0 Å². The molecule has 0 saturated carbocycles. The first-order valence-electron chi connectivity index (χ1n) is 6.82. The zero-order chi connectivity index (χ0) is 14.0. The Kier molecular flexibility index (Phi) is 4.05. The van der Waals surface area contributed by atoms with Crippen LogP contribution in [0, 0.1) is 13.8 Å². The van der Waals surface area contributed by atoms with Crippen LogP contribution in [0.4, 0.5) is 0 Å². The standard InChI is InChI=1S/C16H23N3/c1-11(2)17-10-14-8-6-7-9-15(14)16-12(3)18-19(5)13(16)4/h6-9,11,17H,10H2,1-5H3. The Morgan fingerprint density at radius 3 is 2.47 bits per heavy atom. The van der Waals surface area contributed by atoms with Gasteiger partial charge in [0.25, 0.3) is 0 Å². The lowest BCUT2D eigenvalue weighted by Gasteiger charge is -2.13. The van der Waals surface area contributed by atoms with Crippen LogP contribution in [0.5, 0.6) is 0 Å². The summed E-state index contributed by atoms with van der Waals surface area (Å²) in [4.78, 5) is 0. The van der Waals surface area contributed by atoms with E-state index in [-0.39, 0.29) is 0 Å². The Labute approximate surface area is 115 Å². The third-order valence-electron chi connectivity index (χ3n) is 3.50. The largest absolute Gasteiger partial charge is 0.310 e. The molecule has 1 aromatic heterocycles. The number of rotatable bonds is 4. The summed E-state index contributed by atoms with van der Waals surface area (Å²) in [5, 5.41) is 8.01. The smallest absolute Gasteiger partial charge is 0.0674 e. The van der Waals surface area contributed by atoms with Crippen LogP contribution in [-0.4, -0.2) is 15.8 Å². The van der Waals surface area contributed by atoms with E-state index in [1.54, 1.807) is 0 Å². The maximum Gasteiger partial charge on any atom is 0.0674 e. The van der Waals surface area contributed by atoms with Gasteiger partial charge >= 0.3 is 0 Å². The van der Waals surface area contributed by atoms with Gasteiger partial charge < -0.3 is 5.32 Å². The van der Waals surface area contributed by atoms with Crippen LogP contribution in [-0.2, 0) is 13.6 Å². The molecule has 0 spiro atoms. The zero-order valence-electron chi connectivity index (χ0n) is 12.5. The molecule has 0 atom stereocenters. The lowest BCUT2D eigenvalue weighted by atomic mass is 9.98. The number of hydrogen-bond donors (Lipinski definition) is 1. The first-order chi connectivity index (χ1) is 9.00. The molecule has 1 N–H and O–H groups in total. The molecular formula is C16H23N3. The molecule has 0 unspecified atom stereocenters. The molecule has 1 heterocycles. The van der Waals surface area contributed by atoms with Crippen molar-refractivity contribution in [3.05, 3.63) is 41.2 Å². The summed E-state index contributed by atoms with van der Waals surface area (Å²) in [5.41, 5.74) is 6.20. The summed E-state index contributed by atoms with van der Waals surface area (Å²) in [5.74, 6) is 0. The first-order valence-corrected chi connectivity index (χ1v) is 6.82. The van der Waals surface area contributed by atoms with Crippen LogP contribution in [0.1, 0.15) is 30.8 Å². The maximum atomic E-state index is 4.52. The molecule has 102 valence electrons. The molecule has 0 saturated heterocycles. The SMILES string of the molecule is Cc1nn(C)c(C)c1-c1ccccc1CNC(C)C. The van der Waals surface area contributed by atoms with Crippen molar-refractivity contribution in [1.82, 2.24) is 15.1 Å². The van der Waals surface area contributed by atoms with E-state index < -0.39 is 0 Å². The molecule has 19 heavy (non-hydrogen) atoms. The number of nitrogens with zero attached hydrogens (tertiary/aromatic N) is 2. The Morgan fingerprint density at radius 2 is 1.89 bits per heavy atom. The summed E-state index contributed by atoms with van der Waals surface area (Å²) in [6, 6.07) is 9.07. The van der Waals surface area contributed by atoms with Gasteiger partial charge in [0.15, 0.2) is 0 Å². The highest BCUT2D eigenvalue weighted by Gasteiger charge is 2.14. The van der Waals surface area contributed by atoms with Gasteiger partial charge in [0, 0.05) is 30.9 Å². The van der Waals surface area contributed by atoms with E-state index in [0.717, 1.165) is 12.2 Å². The highest BCUT2D eigenvalue weighted by Crippen LogP contribution is 2.29. The van der Waals surface area contributed by atoms with Crippen molar-refractivity contribution in [2.75, 3.05) is 0 Å². The zero-order valence-corrected chi connectivity index (χ0v) is 12.5. The van der Waals surface area contributed by atoms with Gasteiger partial charge in [-0.15, -0.1) is 0 Å². The lowest BCUT2D eigenvalue weighted by Crippen LogP contribution is -2.22. The Morgan fingerprint density at radius 1 is 1.21 bits per heavy atom. The van der Waals surface area contributed by atoms with E-state index in [0.29, 0.717) is 6.04 Å². The lowest BCUT2D eigenvalue weighted by molar-refractivity contribution is 0.589. The van der Waals surface area contributed by atoms with Crippen molar-refractivity contribution in [3.63, 3.8) is 0 Å². The molecule has 0 bridgehead atoms. The minimum absolute atomic E-state index is 0.490. The number of aromatic nitrogens is 2. The fraction of sp³-hybridized carbons (Fsp3) is 0.438. The number of benzene rings is 1. The third kappa shape index (κ3) is 2.87. The van der Waals surface area contributed by atoms with Gasteiger partial charge in [0.2, 0.25) is 0 Å².